The van der Waals surface area contributed by atoms with Crippen LogP contribution in [-0.2, 0) is 0 Å². The van der Waals surface area contributed by atoms with Crippen molar-refractivity contribution in [2.75, 3.05) is 6.16 Å². The van der Waals surface area contributed by atoms with E-state index < -0.39 is 8.38 Å². The molecule has 0 aromatic rings. The van der Waals surface area contributed by atoms with Gasteiger partial charge in [-0.25, -0.2) is 0 Å². The van der Waals surface area contributed by atoms with Crippen molar-refractivity contribution in [3.63, 3.8) is 0 Å². The van der Waals surface area contributed by atoms with Gasteiger partial charge in [-0.15, -0.1) is 0 Å². The van der Waals surface area contributed by atoms with Gasteiger partial charge in [-0.3, -0.25) is 0 Å². The largest absolute Gasteiger partial charge is 0.350 e. The van der Waals surface area contributed by atoms with E-state index in [2.05, 4.69) is 0 Å². The standard InChI is InChI=1S/C8H17O2P/c9-11(10)7-6-8-4-2-1-3-5-8/h8-10H,1-7H2. The summed E-state index contributed by atoms with van der Waals surface area (Å²) in [5.74, 6) is 0.785. The maximum Gasteiger partial charge on any atom is 0.164 e. The van der Waals surface area contributed by atoms with Gasteiger partial charge in [0.05, 0.1) is 0 Å². The lowest BCUT2D eigenvalue weighted by Crippen LogP contribution is -2.07. The van der Waals surface area contributed by atoms with Crippen molar-refractivity contribution in [3.8, 4) is 0 Å². The monoisotopic (exact) mass is 176 g/mol. The third-order valence-electron chi connectivity index (χ3n) is 2.46. The molecule has 2 N–H and O–H groups in total. The van der Waals surface area contributed by atoms with Crippen LogP contribution in [-0.4, -0.2) is 15.9 Å². The minimum Gasteiger partial charge on any atom is -0.350 e. The highest BCUT2D eigenvalue weighted by Gasteiger charge is 2.14. The average molecular weight is 176 g/mol. The van der Waals surface area contributed by atoms with Crippen LogP contribution in [0.2, 0.25) is 0 Å². The first-order valence-corrected chi connectivity index (χ1v) is 5.87. The molecule has 1 fully saturated rings. The lowest BCUT2D eigenvalue weighted by Gasteiger charge is -2.21. The highest BCUT2D eigenvalue weighted by molar-refractivity contribution is 7.45. The Hall–Kier alpha value is 0.350. The first-order valence-electron chi connectivity index (χ1n) is 4.44. The van der Waals surface area contributed by atoms with Gasteiger partial charge < -0.3 is 9.79 Å². The molecule has 1 rings (SSSR count). The molecule has 0 heterocycles. The summed E-state index contributed by atoms with van der Waals surface area (Å²) >= 11 is 0. The summed E-state index contributed by atoms with van der Waals surface area (Å²) in [5, 5.41) is 0. The Labute approximate surface area is 69.5 Å². The fourth-order valence-electron chi connectivity index (χ4n) is 1.77. The van der Waals surface area contributed by atoms with Crippen LogP contribution in [0.3, 0.4) is 0 Å². The predicted molar refractivity (Wildman–Crippen MR) is 47.4 cm³/mol. The van der Waals surface area contributed by atoms with Crippen molar-refractivity contribution in [1.82, 2.24) is 0 Å². The zero-order chi connectivity index (χ0) is 8.10. The molecule has 0 bridgehead atoms. The van der Waals surface area contributed by atoms with E-state index in [4.69, 9.17) is 9.79 Å². The number of rotatable bonds is 3. The molecular formula is C8H17O2P. The maximum absolute atomic E-state index is 8.70. The zero-order valence-electron chi connectivity index (χ0n) is 6.87. The number of hydrogen-bond acceptors (Lipinski definition) is 2. The molecule has 0 amide bonds. The Bertz CT molecular complexity index is 100. The zero-order valence-corrected chi connectivity index (χ0v) is 7.76. The molecule has 0 atom stereocenters. The van der Waals surface area contributed by atoms with Gasteiger partial charge >= 0.3 is 0 Å². The van der Waals surface area contributed by atoms with E-state index in [1.54, 1.807) is 0 Å². The topological polar surface area (TPSA) is 40.5 Å². The second-order valence-electron chi connectivity index (χ2n) is 3.39. The minimum absolute atomic E-state index is 0.625. The number of hydrogen-bond donors (Lipinski definition) is 2. The average Bonchev–Trinajstić information content (AvgIpc) is 2.03. The molecular weight excluding hydrogens is 159 g/mol. The molecule has 0 saturated heterocycles. The van der Waals surface area contributed by atoms with Crippen molar-refractivity contribution in [2.45, 2.75) is 38.5 Å². The lowest BCUT2D eigenvalue weighted by molar-refractivity contribution is 0.346. The molecule has 0 spiro atoms. The van der Waals surface area contributed by atoms with Gasteiger partial charge in [0, 0.05) is 6.16 Å². The van der Waals surface area contributed by atoms with E-state index >= 15 is 0 Å². The van der Waals surface area contributed by atoms with Crippen LogP contribution in [0.1, 0.15) is 38.5 Å². The molecule has 1 saturated carbocycles. The molecule has 3 heteroatoms. The van der Waals surface area contributed by atoms with Gasteiger partial charge in [0.15, 0.2) is 8.38 Å². The second kappa shape index (κ2) is 5.08. The molecule has 66 valence electrons. The highest BCUT2D eigenvalue weighted by Crippen LogP contribution is 2.32. The Balaban J connectivity index is 2.05. The lowest BCUT2D eigenvalue weighted by atomic mass is 9.88. The Morgan fingerprint density at radius 1 is 1.09 bits per heavy atom. The molecule has 2 nitrogen and oxygen atoms in total. The summed E-state index contributed by atoms with van der Waals surface area (Å²) in [5.41, 5.74) is 0. The highest BCUT2D eigenvalue weighted by atomic mass is 31.2. The molecule has 0 unspecified atom stereocenters. The molecule has 1 aliphatic rings. The summed E-state index contributed by atoms with van der Waals surface area (Å²) in [6, 6.07) is 0. The van der Waals surface area contributed by atoms with Gasteiger partial charge in [0.1, 0.15) is 0 Å². The first-order chi connectivity index (χ1) is 5.29. The van der Waals surface area contributed by atoms with Crippen LogP contribution in [0.15, 0.2) is 0 Å². The van der Waals surface area contributed by atoms with E-state index in [1.807, 2.05) is 0 Å². The fraction of sp³-hybridized carbons (Fsp3) is 1.00. The molecule has 0 radical (unpaired) electrons. The van der Waals surface area contributed by atoms with Crippen LogP contribution < -0.4 is 0 Å². The minimum atomic E-state index is -1.63. The van der Waals surface area contributed by atoms with Crippen LogP contribution in [0, 0.1) is 5.92 Å². The van der Waals surface area contributed by atoms with Crippen LogP contribution in [0.25, 0.3) is 0 Å². The van der Waals surface area contributed by atoms with Crippen LogP contribution >= 0.6 is 8.38 Å². The molecule has 1 aliphatic carbocycles. The smallest absolute Gasteiger partial charge is 0.164 e. The van der Waals surface area contributed by atoms with E-state index in [0.717, 1.165) is 12.3 Å². The van der Waals surface area contributed by atoms with E-state index in [1.165, 1.54) is 32.1 Å². The molecule has 0 aliphatic heterocycles. The van der Waals surface area contributed by atoms with Gasteiger partial charge in [0.25, 0.3) is 0 Å². The Morgan fingerprint density at radius 3 is 2.27 bits per heavy atom. The second-order valence-corrected chi connectivity index (χ2v) is 4.58. The Kier molecular flexibility index (Phi) is 4.36. The predicted octanol–water partition coefficient (Wildman–Crippen LogP) is 2.25. The summed E-state index contributed by atoms with van der Waals surface area (Å²) in [6.07, 6.45) is 8.34. The van der Waals surface area contributed by atoms with Gasteiger partial charge in [0.2, 0.25) is 0 Å². The van der Waals surface area contributed by atoms with Crippen molar-refractivity contribution in [2.24, 2.45) is 5.92 Å². The van der Waals surface area contributed by atoms with E-state index in [9.17, 15) is 0 Å². The third-order valence-corrected chi connectivity index (χ3v) is 3.12. The van der Waals surface area contributed by atoms with Gasteiger partial charge in [-0.1, -0.05) is 32.1 Å². The van der Waals surface area contributed by atoms with Crippen LogP contribution in [0.5, 0.6) is 0 Å². The van der Waals surface area contributed by atoms with Gasteiger partial charge in [-0.2, -0.15) is 0 Å². The SMILES string of the molecule is OP(O)CCC1CCCCC1. The maximum atomic E-state index is 8.70. The van der Waals surface area contributed by atoms with Crippen molar-refractivity contribution in [1.29, 1.82) is 0 Å². The summed E-state index contributed by atoms with van der Waals surface area (Å²) in [4.78, 5) is 17.4. The molecule has 11 heavy (non-hydrogen) atoms. The molecule has 0 aromatic heterocycles. The van der Waals surface area contributed by atoms with Crippen LogP contribution in [0.4, 0.5) is 0 Å². The summed E-state index contributed by atoms with van der Waals surface area (Å²) in [7, 11) is -1.63. The summed E-state index contributed by atoms with van der Waals surface area (Å²) < 4.78 is 0. The van der Waals surface area contributed by atoms with Crippen molar-refractivity contribution >= 4 is 8.38 Å². The first kappa shape index (κ1) is 9.44. The molecule has 0 aromatic carbocycles. The third kappa shape index (κ3) is 4.05. The summed E-state index contributed by atoms with van der Waals surface area (Å²) in [6.45, 7) is 0. The Morgan fingerprint density at radius 2 is 1.73 bits per heavy atom. The quantitative estimate of drug-likeness (QED) is 0.647. The van der Waals surface area contributed by atoms with E-state index in [0.29, 0.717) is 6.16 Å². The normalized spacial score (nSPS) is 21.0. The van der Waals surface area contributed by atoms with Gasteiger partial charge in [-0.05, 0) is 12.3 Å². The van der Waals surface area contributed by atoms with E-state index in [-0.39, 0.29) is 0 Å². The fourth-order valence-corrected chi connectivity index (χ4v) is 2.37. The van der Waals surface area contributed by atoms with Crippen molar-refractivity contribution in [3.05, 3.63) is 0 Å². The van der Waals surface area contributed by atoms with Crippen molar-refractivity contribution < 1.29 is 9.79 Å².